The van der Waals surface area contributed by atoms with Crippen LogP contribution < -0.4 is 25.4 Å². The quantitative estimate of drug-likeness (QED) is 0.597. The molecule has 2 aliphatic rings. The fourth-order valence-corrected chi connectivity index (χ4v) is 4.60. The second-order valence-corrected chi connectivity index (χ2v) is 8.91. The van der Waals surface area contributed by atoms with Crippen molar-refractivity contribution in [2.24, 2.45) is 10.1 Å². The van der Waals surface area contributed by atoms with E-state index >= 15 is 0 Å². The minimum absolute atomic E-state index is 0.201. The van der Waals surface area contributed by atoms with Crippen LogP contribution in [0.2, 0.25) is 0 Å². The number of benzene rings is 3. The summed E-state index contributed by atoms with van der Waals surface area (Å²) >= 11 is 1.48. The number of thioether (sulfide) groups is 1. The lowest BCUT2D eigenvalue weighted by Crippen LogP contribution is -2.50. The summed E-state index contributed by atoms with van der Waals surface area (Å²) in [6, 6.07) is 23.2. The highest BCUT2D eigenvalue weighted by molar-refractivity contribution is 8.13. The Bertz CT molecular complexity index is 1370. The molecule has 0 spiro atoms. The Kier molecular flexibility index (Phi) is 6.22. The molecule has 34 heavy (non-hydrogen) atoms. The average Bonchev–Trinajstić information content (AvgIpc) is 2.87. The largest absolute Gasteiger partial charge is 0.493 e. The number of nitrogens with zero attached hydrogens (tertiary/aromatic N) is 3. The van der Waals surface area contributed by atoms with Gasteiger partial charge < -0.3 is 9.47 Å². The first-order valence-corrected chi connectivity index (χ1v) is 12.0. The molecule has 2 heterocycles. The molecular formula is C26H24N4O3S. The zero-order chi connectivity index (χ0) is 23.5. The monoisotopic (exact) mass is 472 g/mol. The number of nitrogens with one attached hydrogen (secondary N) is 1. The van der Waals surface area contributed by atoms with Gasteiger partial charge in [-0.2, -0.15) is 0 Å². The molecular weight excluding hydrogens is 448 g/mol. The lowest BCUT2D eigenvalue weighted by Gasteiger charge is -2.34. The number of methoxy groups -OCH3 is 1. The normalized spacial score (nSPS) is 16.6. The van der Waals surface area contributed by atoms with Crippen molar-refractivity contribution in [3.63, 3.8) is 0 Å². The molecule has 1 amide bonds. The molecule has 0 fully saturated rings. The van der Waals surface area contributed by atoms with E-state index in [1.807, 2.05) is 79.7 Å². The number of hydrazone groups is 1. The van der Waals surface area contributed by atoms with E-state index in [9.17, 15) is 4.79 Å². The van der Waals surface area contributed by atoms with Crippen LogP contribution >= 0.6 is 11.8 Å². The van der Waals surface area contributed by atoms with Gasteiger partial charge in [0.2, 0.25) is 0 Å². The summed E-state index contributed by atoms with van der Waals surface area (Å²) in [7, 11) is 1.61. The van der Waals surface area contributed by atoms with E-state index < -0.39 is 6.17 Å². The first-order chi connectivity index (χ1) is 16.7. The lowest BCUT2D eigenvalue weighted by atomic mass is 10.1. The van der Waals surface area contributed by atoms with E-state index in [0.29, 0.717) is 29.0 Å². The number of carbonyl (C=O) groups is 1. The SMILES string of the molecule is CCSC1=NN2C(=c3ccccc3=NC2c2cccc(OC)c2OCc2ccccc2)C(=O)N1. The van der Waals surface area contributed by atoms with E-state index in [1.54, 1.807) is 12.1 Å². The average molecular weight is 473 g/mol. The minimum Gasteiger partial charge on any atom is -0.493 e. The van der Waals surface area contributed by atoms with Gasteiger partial charge in [0.25, 0.3) is 5.91 Å². The Morgan fingerprint density at radius 2 is 1.82 bits per heavy atom. The Morgan fingerprint density at radius 1 is 1.03 bits per heavy atom. The zero-order valence-electron chi connectivity index (χ0n) is 18.9. The fourth-order valence-electron chi connectivity index (χ4n) is 4.01. The molecule has 5 rings (SSSR count). The third kappa shape index (κ3) is 4.12. The van der Waals surface area contributed by atoms with Crippen molar-refractivity contribution in [2.45, 2.75) is 19.7 Å². The van der Waals surface area contributed by atoms with E-state index in [4.69, 9.17) is 19.6 Å². The van der Waals surface area contributed by atoms with Crippen LogP contribution in [0.4, 0.5) is 0 Å². The van der Waals surface area contributed by atoms with Crippen LogP contribution in [-0.4, -0.2) is 28.9 Å². The minimum atomic E-state index is -0.593. The number of hydrogen-bond donors (Lipinski definition) is 1. The summed E-state index contributed by atoms with van der Waals surface area (Å²) in [6.07, 6.45) is -0.593. The van der Waals surface area contributed by atoms with E-state index in [2.05, 4.69) is 5.32 Å². The molecule has 0 saturated carbocycles. The third-order valence-corrected chi connectivity index (χ3v) is 6.28. The molecule has 0 bridgehead atoms. The number of fused-ring (bicyclic) bond motifs is 2. The van der Waals surface area contributed by atoms with Crippen LogP contribution in [0, 0.1) is 0 Å². The number of para-hydroxylation sites is 2. The molecule has 0 radical (unpaired) electrons. The second-order valence-electron chi connectivity index (χ2n) is 7.66. The van der Waals surface area contributed by atoms with Crippen LogP contribution in [0.5, 0.6) is 11.5 Å². The molecule has 3 aromatic rings. The zero-order valence-corrected chi connectivity index (χ0v) is 19.7. The smallest absolute Gasteiger partial charge is 0.276 e. The molecule has 3 aromatic carbocycles. The van der Waals surface area contributed by atoms with Crippen LogP contribution in [0.1, 0.15) is 24.2 Å². The van der Waals surface area contributed by atoms with Crippen LogP contribution in [0.25, 0.3) is 5.70 Å². The molecule has 0 aromatic heterocycles. The van der Waals surface area contributed by atoms with Gasteiger partial charge in [0, 0.05) is 10.8 Å². The van der Waals surface area contributed by atoms with E-state index in [0.717, 1.165) is 27.5 Å². The van der Waals surface area contributed by atoms with Gasteiger partial charge in [0.15, 0.2) is 22.8 Å². The summed E-state index contributed by atoms with van der Waals surface area (Å²) in [5.41, 5.74) is 2.27. The fraction of sp³-hybridized carbons (Fsp3) is 0.192. The lowest BCUT2D eigenvalue weighted by molar-refractivity contribution is -0.116. The van der Waals surface area contributed by atoms with Crippen molar-refractivity contribution < 1.29 is 14.3 Å². The molecule has 172 valence electrons. The van der Waals surface area contributed by atoms with Gasteiger partial charge in [-0.1, -0.05) is 79.3 Å². The third-order valence-electron chi connectivity index (χ3n) is 5.53. The summed E-state index contributed by atoms with van der Waals surface area (Å²) in [6.45, 7) is 2.39. The number of ether oxygens (including phenoxy) is 2. The molecule has 7 nitrogen and oxygen atoms in total. The second kappa shape index (κ2) is 9.61. The van der Waals surface area contributed by atoms with Crippen molar-refractivity contribution in [3.05, 3.63) is 94.5 Å². The molecule has 1 atom stereocenters. The predicted molar refractivity (Wildman–Crippen MR) is 133 cm³/mol. The van der Waals surface area contributed by atoms with Crippen LogP contribution in [0.15, 0.2) is 82.9 Å². The van der Waals surface area contributed by atoms with Gasteiger partial charge in [0.1, 0.15) is 12.3 Å². The number of rotatable bonds is 6. The topological polar surface area (TPSA) is 75.5 Å². The van der Waals surface area contributed by atoms with Crippen molar-refractivity contribution in [1.82, 2.24) is 10.3 Å². The molecule has 8 heteroatoms. The van der Waals surface area contributed by atoms with Crippen molar-refractivity contribution in [1.29, 1.82) is 0 Å². The predicted octanol–water partition coefficient (Wildman–Crippen LogP) is 3.17. The van der Waals surface area contributed by atoms with Crippen LogP contribution in [0.3, 0.4) is 0 Å². The number of hydrogen-bond acceptors (Lipinski definition) is 7. The number of amides is 1. The van der Waals surface area contributed by atoms with Gasteiger partial charge >= 0.3 is 0 Å². The van der Waals surface area contributed by atoms with Gasteiger partial charge in [-0.05, 0) is 23.4 Å². The number of carbonyl (C=O) groups excluding carboxylic acids is 1. The van der Waals surface area contributed by atoms with E-state index in [1.165, 1.54) is 11.8 Å². The number of amidine groups is 1. The Hall–Kier alpha value is -3.78. The van der Waals surface area contributed by atoms with Crippen molar-refractivity contribution in [3.8, 4) is 11.5 Å². The van der Waals surface area contributed by atoms with Crippen LogP contribution in [-0.2, 0) is 11.4 Å². The van der Waals surface area contributed by atoms with Gasteiger partial charge in [0.05, 0.1) is 12.5 Å². The highest BCUT2D eigenvalue weighted by Gasteiger charge is 2.36. The van der Waals surface area contributed by atoms with Gasteiger partial charge in [-0.15, -0.1) is 5.10 Å². The summed E-state index contributed by atoms with van der Waals surface area (Å²) in [4.78, 5) is 18.2. The van der Waals surface area contributed by atoms with Gasteiger partial charge in [-0.3, -0.25) is 15.1 Å². The Balaban J connectivity index is 1.65. The molecule has 1 N–H and O–H groups in total. The summed E-state index contributed by atoms with van der Waals surface area (Å²) in [5, 5.41) is 11.4. The molecule has 0 aliphatic carbocycles. The standard InChI is InChI=1S/C26H24N4O3S/c1-3-34-26-28-25(31)22-18-12-7-8-14-20(18)27-24(30(22)29-26)19-13-9-15-21(32-2)23(19)33-16-17-10-5-4-6-11-17/h4-15,24H,3,16H2,1-2H3,(H,28,29,31). The Labute approximate surface area is 201 Å². The maximum Gasteiger partial charge on any atom is 0.276 e. The highest BCUT2D eigenvalue weighted by atomic mass is 32.2. The maximum absolute atomic E-state index is 13.2. The summed E-state index contributed by atoms with van der Waals surface area (Å²) in [5.74, 6) is 1.75. The van der Waals surface area contributed by atoms with Crippen molar-refractivity contribution in [2.75, 3.05) is 12.9 Å². The maximum atomic E-state index is 13.2. The van der Waals surface area contributed by atoms with Crippen molar-refractivity contribution >= 4 is 28.5 Å². The van der Waals surface area contributed by atoms with Gasteiger partial charge in [-0.25, -0.2) is 5.01 Å². The Morgan fingerprint density at radius 3 is 2.62 bits per heavy atom. The molecule has 1 unspecified atom stereocenters. The first kappa shape index (κ1) is 22.0. The first-order valence-electron chi connectivity index (χ1n) is 11.0. The van der Waals surface area contributed by atoms with E-state index in [-0.39, 0.29) is 5.91 Å². The molecule has 0 saturated heterocycles. The summed E-state index contributed by atoms with van der Waals surface area (Å²) < 4.78 is 11.9. The molecule has 2 aliphatic heterocycles. The highest BCUT2D eigenvalue weighted by Crippen LogP contribution is 2.40.